The summed E-state index contributed by atoms with van der Waals surface area (Å²) in [5, 5.41) is 11.6. The summed E-state index contributed by atoms with van der Waals surface area (Å²) in [6, 6.07) is 10.2. The van der Waals surface area contributed by atoms with Crippen LogP contribution >= 0.6 is 0 Å². The summed E-state index contributed by atoms with van der Waals surface area (Å²) >= 11 is 0. The van der Waals surface area contributed by atoms with E-state index in [1.54, 1.807) is 0 Å². The van der Waals surface area contributed by atoms with E-state index in [-0.39, 0.29) is 18.6 Å². The molecule has 4 nitrogen and oxygen atoms in total. The van der Waals surface area contributed by atoms with Crippen molar-refractivity contribution in [2.45, 2.75) is 31.8 Å². The van der Waals surface area contributed by atoms with Crippen molar-refractivity contribution < 1.29 is 9.90 Å². The van der Waals surface area contributed by atoms with E-state index in [2.05, 4.69) is 22.3 Å². The summed E-state index contributed by atoms with van der Waals surface area (Å²) in [5.41, 5.74) is 1.25. The monoisotopic (exact) mass is 262 g/mol. The van der Waals surface area contributed by atoms with Gasteiger partial charge in [-0.2, -0.15) is 0 Å². The van der Waals surface area contributed by atoms with Crippen molar-refractivity contribution in [2.75, 3.05) is 19.7 Å². The Morgan fingerprint density at radius 1 is 1.37 bits per heavy atom. The summed E-state index contributed by atoms with van der Waals surface area (Å²) in [4.78, 5) is 14.3. The summed E-state index contributed by atoms with van der Waals surface area (Å²) in [7, 11) is 0. The zero-order valence-electron chi connectivity index (χ0n) is 11.2. The number of hydrogen-bond donors (Lipinski definition) is 2. The molecule has 0 aliphatic carbocycles. The lowest BCUT2D eigenvalue weighted by Crippen LogP contribution is -2.43. The van der Waals surface area contributed by atoms with Crippen molar-refractivity contribution in [3.63, 3.8) is 0 Å². The molecule has 1 aliphatic rings. The highest BCUT2D eigenvalue weighted by atomic mass is 16.3. The highest BCUT2D eigenvalue weighted by Crippen LogP contribution is 2.20. The number of rotatable bonds is 6. The fraction of sp³-hybridized carbons (Fsp3) is 0.533. The van der Waals surface area contributed by atoms with Crippen LogP contribution in [0.3, 0.4) is 0 Å². The highest BCUT2D eigenvalue weighted by molar-refractivity contribution is 5.82. The van der Waals surface area contributed by atoms with Crippen molar-refractivity contribution in [3.05, 3.63) is 35.9 Å². The Bertz CT molecular complexity index is 394. The van der Waals surface area contributed by atoms with Gasteiger partial charge in [-0.15, -0.1) is 0 Å². The number of carbonyl (C=O) groups excluding carboxylic acids is 1. The Labute approximate surface area is 114 Å². The van der Waals surface area contributed by atoms with E-state index in [4.69, 9.17) is 5.11 Å². The average Bonchev–Trinajstić information content (AvgIpc) is 2.88. The molecule has 1 aromatic rings. The molecule has 0 saturated carbocycles. The van der Waals surface area contributed by atoms with Crippen LogP contribution in [0, 0.1) is 0 Å². The molecule has 0 aromatic heterocycles. The van der Waals surface area contributed by atoms with E-state index in [0.29, 0.717) is 13.0 Å². The van der Waals surface area contributed by atoms with E-state index >= 15 is 0 Å². The molecule has 1 heterocycles. The maximum atomic E-state index is 12.1. The summed E-state index contributed by atoms with van der Waals surface area (Å²) in [6.45, 7) is 2.50. The Morgan fingerprint density at radius 3 is 2.89 bits per heavy atom. The van der Waals surface area contributed by atoms with Gasteiger partial charge in [-0.3, -0.25) is 9.69 Å². The number of benzene rings is 1. The predicted octanol–water partition coefficient (Wildman–Crippen LogP) is 1.15. The Balaban J connectivity index is 1.88. The van der Waals surface area contributed by atoms with Gasteiger partial charge in [-0.1, -0.05) is 30.3 Å². The molecule has 0 spiro atoms. The van der Waals surface area contributed by atoms with Gasteiger partial charge in [-0.05, 0) is 31.4 Å². The lowest BCUT2D eigenvalue weighted by Gasteiger charge is -2.23. The van der Waals surface area contributed by atoms with Gasteiger partial charge in [0.25, 0.3) is 0 Å². The van der Waals surface area contributed by atoms with Crippen LogP contribution in [0.15, 0.2) is 30.3 Å². The molecular formula is C15H22N2O2. The van der Waals surface area contributed by atoms with Crippen molar-refractivity contribution in [2.24, 2.45) is 0 Å². The number of likely N-dealkylation sites (tertiary alicyclic amines) is 1. The minimum atomic E-state index is -0.0149. The van der Waals surface area contributed by atoms with Crippen LogP contribution in [0.4, 0.5) is 0 Å². The number of aliphatic hydroxyl groups is 1. The van der Waals surface area contributed by atoms with E-state index in [9.17, 15) is 4.79 Å². The third kappa shape index (κ3) is 4.04. The number of nitrogens with one attached hydrogen (secondary N) is 1. The lowest BCUT2D eigenvalue weighted by atomic mass is 10.1. The van der Waals surface area contributed by atoms with E-state index in [1.807, 2.05) is 18.2 Å². The van der Waals surface area contributed by atoms with Gasteiger partial charge in [0, 0.05) is 19.7 Å². The van der Waals surface area contributed by atoms with Gasteiger partial charge in [0.2, 0.25) is 5.91 Å². The minimum Gasteiger partial charge on any atom is -0.396 e. The largest absolute Gasteiger partial charge is 0.396 e. The normalized spacial score (nSPS) is 19.5. The fourth-order valence-corrected chi connectivity index (χ4v) is 2.54. The lowest BCUT2D eigenvalue weighted by molar-refractivity contribution is -0.125. The number of hydrogen-bond acceptors (Lipinski definition) is 3. The first-order valence-corrected chi connectivity index (χ1v) is 6.98. The zero-order chi connectivity index (χ0) is 13.5. The third-order valence-corrected chi connectivity index (χ3v) is 3.53. The van der Waals surface area contributed by atoms with Crippen LogP contribution in [-0.2, 0) is 11.3 Å². The molecule has 0 radical (unpaired) electrons. The molecule has 19 heavy (non-hydrogen) atoms. The third-order valence-electron chi connectivity index (χ3n) is 3.53. The molecule has 4 heteroatoms. The van der Waals surface area contributed by atoms with Crippen LogP contribution < -0.4 is 5.32 Å². The van der Waals surface area contributed by atoms with Gasteiger partial charge in [0.1, 0.15) is 0 Å². The fourth-order valence-electron chi connectivity index (χ4n) is 2.54. The second-order valence-corrected chi connectivity index (χ2v) is 4.98. The molecule has 1 amide bonds. The van der Waals surface area contributed by atoms with Crippen molar-refractivity contribution >= 4 is 5.91 Å². The molecule has 1 aliphatic heterocycles. The Morgan fingerprint density at radius 2 is 2.16 bits per heavy atom. The molecule has 1 aromatic carbocycles. The summed E-state index contributed by atoms with van der Waals surface area (Å²) in [6.07, 6.45) is 2.62. The number of amides is 1. The number of nitrogens with zero attached hydrogens (tertiary/aromatic N) is 1. The Kier molecular flexibility index (Phi) is 5.36. The van der Waals surface area contributed by atoms with Crippen molar-refractivity contribution in [3.8, 4) is 0 Å². The maximum Gasteiger partial charge on any atom is 0.237 e. The van der Waals surface area contributed by atoms with Gasteiger partial charge < -0.3 is 10.4 Å². The van der Waals surface area contributed by atoms with Crippen LogP contribution in [0.25, 0.3) is 0 Å². The molecule has 2 rings (SSSR count). The molecule has 0 bridgehead atoms. The van der Waals surface area contributed by atoms with Crippen LogP contribution in [-0.4, -0.2) is 41.7 Å². The summed E-state index contributed by atoms with van der Waals surface area (Å²) in [5.74, 6) is 0.0990. The van der Waals surface area contributed by atoms with Gasteiger partial charge in [0.05, 0.1) is 6.04 Å². The first kappa shape index (κ1) is 14.0. The first-order valence-electron chi connectivity index (χ1n) is 6.98. The van der Waals surface area contributed by atoms with Crippen molar-refractivity contribution in [1.82, 2.24) is 10.2 Å². The maximum absolute atomic E-state index is 12.1. The minimum absolute atomic E-state index is 0.0149. The standard InChI is InChI=1S/C15H22N2O2/c18-11-5-9-16-15(19)14-8-4-10-17(14)12-13-6-2-1-3-7-13/h1-3,6-7,14,18H,4-5,8-12H2,(H,16,19). The molecule has 104 valence electrons. The predicted molar refractivity (Wildman–Crippen MR) is 74.6 cm³/mol. The summed E-state index contributed by atoms with van der Waals surface area (Å²) < 4.78 is 0. The van der Waals surface area contributed by atoms with Gasteiger partial charge in [-0.25, -0.2) is 0 Å². The van der Waals surface area contributed by atoms with Crippen LogP contribution in [0.2, 0.25) is 0 Å². The van der Waals surface area contributed by atoms with E-state index < -0.39 is 0 Å². The number of carbonyl (C=O) groups is 1. The SMILES string of the molecule is O=C(NCCCO)C1CCCN1Cc1ccccc1. The second kappa shape index (κ2) is 7.26. The first-order chi connectivity index (χ1) is 9.31. The molecule has 1 fully saturated rings. The number of aliphatic hydroxyl groups excluding tert-OH is 1. The van der Waals surface area contributed by atoms with Gasteiger partial charge >= 0.3 is 0 Å². The van der Waals surface area contributed by atoms with Crippen molar-refractivity contribution in [1.29, 1.82) is 0 Å². The Hall–Kier alpha value is -1.39. The smallest absolute Gasteiger partial charge is 0.237 e. The average molecular weight is 262 g/mol. The second-order valence-electron chi connectivity index (χ2n) is 4.98. The van der Waals surface area contributed by atoms with E-state index in [0.717, 1.165) is 25.9 Å². The molecule has 1 atom stereocenters. The molecule has 1 saturated heterocycles. The van der Waals surface area contributed by atoms with Gasteiger partial charge in [0.15, 0.2) is 0 Å². The quantitative estimate of drug-likeness (QED) is 0.756. The molecule has 2 N–H and O–H groups in total. The van der Waals surface area contributed by atoms with Crippen LogP contribution in [0.1, 0.15) is 24.8 Å². The molecular weight excluding hydrogens is 240 g/mol. The topological polar surface area (TPSA) is 52.6 Å². The highest BCUT2D eigenvalue weighted by Gasteiger charge is 2.30. The zero-order valence-corrected chi connectivity index (χ0v) is 11.2. The van der Waals surface area contributed by atoms with Crippen LogP contribution in [0.5, 0.6) is 0 Å². The van der Waals surface area contributed by atoms with E-state index in [1.165, 1.54) is 5.56 Å². The molecule has 1 unspecified atom stereocenters.